The Morgan fingerprint density at radius 3 is 2.71 bits per heavy atom. The fourth-order valence-electron chi connectivity index (χ4n) is 4.64. The molecule has 0 saturated carbocycles. The second kappa shape index (κ2) is 5.64. The molecule has 7 heteroatoms. The molecule has 2 aromatic carbocycles. The van der Waals surface area contributed by atoms with Gasteiger partial charge in [-0.3, -0.25) is 9.88 Å². The Morgan fingerprint density at radius 1 is 1.07 bits per heavy atom. The number of anilines is 1. The highest BCUT2D eigenvalue weighted by molar-refractivity contribution is 5.95. The van der Waals surface area contributed by atoms with E-state index in [1.165, 1.54) is 11.1 Å². The van der Waals surface area contributed by atoms with Crippen molar-refractivity contribution in [1.29, 1.82) is 0 Å². The lowest BCUT2D eigenvalue weighted by atomic mass is 9.83. The van der Waals surface area contributed by atoms with E-state index in [0.717, 1.165) is 54.2 Å². The van der Waals surface area contributed by atoms with Crippen molar-refractivity contribution in [3.63, 3.8) is 0 Å². The summed E-state index contributed by atoms with van der Waals surface area (Å²) in [5.74, 6) is 2.65. The van der Waals surface area contributed by atoms with Crippen LogP contribution in [0.4, 0.5) is 5.95 Å². The van der Waals surface area contributed by atoms with Gasteiger partial charge in [0.1, 0.15) is 5.66 Å². The lowest BCUT2D eigenvalue weighted by molar-refractivity contribution is 0.266. The van der Waals surface area contributed by atoms with Crippen molar-refractivity contribution >= 4 is 22.9 Å². The molecule has 1 spiro atoms. The van der Waals surface area contributed by atoms with E-state index in [4.69, 9.17) is 25.2 Å². The molecule has 1 aliphatic carbocycles. The summed E-state index contributed by atoms with van der Waals surface area (Å²) < 4.78 is 14.0. The van der Waals surface area contributed by atoms with Crippen LogP contribution in [0.15, 0.2) is 41.4 Å². The Balaban J connectivity index is 1.56. The summed E-state index contributed by atoms with van der Waals surface area (Å²) >= 11 is 0. The number of ether oxygens (including phenoxy) is 2. The first-order chi connectivity index (χ1) is 13.7. The second-order valence-electron chi connectivity index (χ2n) is 7.66. The van der Waals surface area contributed by atoms with E-state index in [0.29, 0.717) is 19.2 Å². The number of hydrogen-bond donors (Lipinski definition) is 2. The third kappa shape index (κ3) is 2.22. The van der Waals surface area contributed by atoms with Gasteiger partial charge in [0.05, 0.1) is 24.2 Å². The Kier molecular flexibility index (Phi) is 3.18. The van der Waals surface area contributed by atoms with Crippen molar-refractivity contribution in [3.05, 3.63) is 47.5 Å². The van der Waals surface area contributed by atoms with Crippen molar-refractivity contribution in [2.24, 2.45) is 10.7 Å². The van der Waals surface area contributed by atoms with Gasteiger partial charge in [0.2, 0.25) is 5.95 Å². The zero-order valence-electron chi connectivity index (χ0n) is 15.4. The lowest BCUT2D eigenvalue weighted by Gasteiger charge is -2.40. The molecule has 6 rings (SSSR count). The number of nitrogens with two attached hydrogens (primary N) is 1. The number of aromatic nitrogens is 2. The Morgan fingerprint density at radius 2 is 1.86 bits per heavy atom. The molecule has 3 aliphatic rings. The number of aliphatic imine (C=N–C) groups is 1. The average Bonchev–Trinajstić information content (AvgIpc) is 2.88. The van der Waals surface area contributed by atoms with Gasteiger partial charge in [-0.1, -0.05) is 24.3 Å². The van der Waals surface area contributed by atoms with Crippen molar-refractivity contribution in [2.45, 2.75) is 31.3 Å². The van der Waals surface area contributed by atoms with Crippen LogP contribution in [0, 0.1) is 0 Å². The quantitative estimate of drug-likeness (QED) is 0.631. The molecule has 3 heterocycles. The number of hydrogen-bond acceptors (Lipinski definition) is 6. The molecule has 0 saturated heterocycles. The van der Waals surface area contributed by atoms with Crippen molar-refractivity contribution in [3.8, 4) is 11.5 Å². The summed E-state index contributed by atoms with van der Waals surface area (Å²) in [7, 11) is 0. The van der Waals surface area contributed by atoms with Crippen LogP contribution in [0.1, 0.15) is 24.0 Å². The number of benzene rings is 2. The summed E-state index contributed by atoms with van der Waals surface area (Å²) in [4.78, 5) is 9.70. The predicted octanol–water partition coefficient (Wildman–Crippen LogP) is 2.78. The van der Waals surface area contributed by atoms with Crippen LogP contribution < -0.4 is 20.5 Å². The van der Waals surface area contributed by atoms with Gasteiger partial charge in [-0.05, 0) is 24.0 Å². The van der Waals surface area contributed by atoms with E-state index in [-0.39, 0.29) is 0 Å². The Labute approximate surface area is 162 Å². The standard InChI is InChI=1S/C21H21N5O2/c22-19-24-20-23-15-10-17-18(28-9-3-8-27-17)11-16(15)26(20)21(25-19)7-6-13-4-1-2-5-14(13)12-21/h1-2,4-5,10-11H,3,6-9,12H2,(H3,22,23,24,25). The fourth-order valence-corrected chi connectivity index (χ4v) is 4.64. The minimum atomic E-state index is -0.479. The van der Waals surface area contributed by atoms with Crippen LogP contribution in [0.2, 0.25) is 0 Å². The Bertz CT molecular complexity index is 1140. The number of nitrogens with zero attached hydrogens (tertiary/aromatic N) is 3. The molecule has 3 aromatic rings. The molecule has 0 bridgehead atoms. The van der Waals surface area contributed by atoms with E-state index < -0.39 is 5.66 Å². The number of guanidine groups is 1. The highest BCUT2D eigenvalue weighted by Crippen LogP contribution is 2.44. The third-order valence-electron chi connectivity index (χ3n) is 5.90. The zero-order valence-corrected chi connectivity index (χ0v) is 15.4. The molecule has 28 heavy (non-hydrogen) atoms. The van der Waals surface area contributed by atoms with E-state index in [1.54, 1.807) is 0 Å². The summed E-state index contributed by atoms with van der Waals surface area (Å²) in [5, 5.41) is 3.15. The van der Waals surface area contributed by atoms with Crippen LogP contribution in [0.25, 0.3) is 11.0 Å². The van der Waals surface area contributed by atoms with E-state index in [9.17, 15) is 0 Å². The van der Waals surface area contributed by atoms with Gasteiger partial charge in [0.25, 0.3) is 0 Å². The number of imidazole rings is 1. The van der Waals surface area contributed by atoms with Crippen LogP contribution in [-0.4, -0.2) is 28.7 Å². The number of aryl methyl sites for hydroxylation is 1. The van der Waals surface area contributed by atoms with Crippen LogP contribution >= 0.6 is 0 Å². The van der Waals surface area contributed by atoms with Crippen LogP contribution in [0.5, 0.6) is 11.5 Å². The van der Waals surface area contributed by atoms with Gasteiger partial charge in [0, 0.05) is 25.0 Å². The first kappa shape index (κ1) is 15.8. The van der Waals surface area contributed by atoms with Crippen LogP contribution in [0.3, 0.4) is 0 Å². The predicted molar refractivity (Wildman–Crippen MR) is 107 cm³/mol. The molecule has 1 atom stereocenters. The van der Waals surface area contributed by atoms with Gasteiger partial charge < -0.3 is 15.2 Å². The minimum Gasteiger partial charge on any atom is -0.489 e. The van der Waals surface area contributed by atoms with E-state index in [1.807, 2.05) is 12.1 Å². The van der Waals surface area contributed by atoms with Crippen molar-refractivity contribution < 1.29 is 9.47 Å². The molecule has 1 unspecified atom stereocenters. The van der Waals surface area contributed by atoms with Gasteiger partial charge in [-0.2, -0.15) is 0 Å². The Hall–Kier alpha value is -3.22. The van der Waals surface area contributed by atoms with Gasteiger partial charge in [-0.25, -0.2) is 9.98 Å². The van der Waals surface area contributed by atoms with Crippen LogP contribution in [-0.2, 0) is 18.5 Å². The van der Waals surface area contributed by atoms with E-state index >= 15 is 0 Å². The SMILES string of the molecule is NC1=NC2(CCc3ccccc3C2)n2c(nc3cc4c(cc32)OCCCO4)N1. The maximum atomic E-state index is 6.18. The summed E-state index contributed by atoms with van der Waals surface area (Å²) in [6.07, 6.45) is 3.50. The highest BCUT2D eigenvalue weighted by atomic mass is 16.5. The molecule has 0 fully saturated rings. The molecular weight excluding hydrogens is 354 g/mol. The lowest BCUT2D eigenvalue weighted by Crippen LogP contribution is -2.45. The number of fused-ring (bicyclic) bond motifs is 6. The number of rotatable bonds is 0. The highest BCUT2D eigenvalue weighted by Gasteiger charge is 2.41. The molecule has 0 amide bonds. The molecule has 0 radical (unpaired) electrons. The van der Waals surface area contributed by atoms with E-state index in [2.05, 4.69) is 34.1 Å². The van der Waals surface area contributed by atoms with Gasteiger partial charge >= 0.3 is 0 Å². The average molecular weight is 375 g/mol. The fraction of sp³-hybridized carbons (Fsp3) is 0.333. The molecule has 1 aromatic heterocycles. The maximum Gasteiger partial charge on any atom is 0.212 e. The normalized spacial score (nSPS) is 22.8. The zero-order chi connectivity index (χ0) is 18.7. The van der Waals surface area contributed by atoms with Gasteiger partial charge in [0.15, 0.2) is 17.5 Å². The number of nitrogens with one attached hydrogen (secondary N) is 1. The first-order valence-corrected chi connectivity index (χ1v) is 9.74. The molecule has 3 N–H and O–H groups in total. The molecular formula is C21H21N5O2. The minimum absolute atomic E-state index is 0.413. The second-order valence-corrected chi connectivity index (χ2v) is 7.66. The van der Waals surface area contributed by atoms with Crippen molar-refractivity contribution in [1.82, 2.24) is 9.55 Å². The smallest absolute Gasteiger partial charge is 0.212 e. The monoisotopic (exact) mass is 375 g/mol. The first-order valence-electron chi connectivity index (χ1n) is 9.74. The third-order valence-corrected chi connectivity index (χ3v) is 5.90. The summed E-state index contributed by atoms with van der Waals surface area (Å²) in [6, 6.07) is 12.6. The summed E-state index contributed by atoms with van der Waals surface area (Å²) in [6.45, 7) is 1.31. The van der Waals surface area contributed by atoms with Crippen molar-refractivity contribution in [2.75, 3.05) is 18.5 Å². The molecule has 2 aliphatic heterocycles. The molecule has 7 nitrogen and oxygen atoms in total. The van der Waals surface area contributed by atoms with Gasteiger partial charge in [-0.15, -0.1) is 0 Å². The molecule has 142 valence electrons. The topological polar surface area (TPSA) is 86.7 Å². The largest absolute Gasteiger partial charge is 0.489 e. The maximum absolute atomic E-state index is 6.18. The summed E-state index contributed by atoms with van der Waals surface area (Å²) in [5.41, 5.74) is 10.2.